The van der Waals surface area contributed by atoms with Crippen LogP contribution in [0.15, 0.2) is 18.2 Å². The third-order valence-electron chi connectivity index (χ3n) is 1.81. The Morgan fingerprint density at radius 1 is 1.60 bits per heavy atom. The molecule has 5 nitrogen and oxygen atoms in total. The molecule has 1 aromatic rings. The average molecular weight is 321 g/mol. The van der Waals surface area contributed by atoms with Crippen molar-refractivity contribution >= 4 is 39.9 Å². The number of nitrogens with two attached hydrogens (primary N) is 2. The number of benzene rings is 1. The van der Waals surface area contributed by atoms with Gasteiger partial charge in [0.1, 0.15) is 6.10 Å². The van der Waals surface area contributed by atoms with Gasteiger partial charge in [-0.2, -0.15) is 0 Å². The first-order chi connectivity index (χ1) is 7.00. The Morgan fingerprint density at radius 3 is 2.80 bits per heavy atom. The number of carbonyl (C=O) groups is 1. The number of aliphatic hydroxyl groups excluding tert-OH is 1. The normalized spacial score (nSPS) is 12.1. The van der Waals surface area contributed by atoms with Crippen molar-refractivity contribution in [1.29, 1.82) is 0 Å². The maximum absolute atomic E-state index is 10.6. The Balaban J connectivity index is 2.62. The Kier molecular flexibility index (Phi) is 4.15. The van der Waals surface area contributed by atoms with Crippen molar-refractivity contribution < 1.29 is 9.90 Å². The van der Waals surface area contributed by atoms with E-state index in [1.54, 1.807) is 18.2 Å². The predicted molar refractivity (Wildman–Crippen MR) is 67.3 cm³/mol. The van der Waals surface area contributed by atoms with Crippen LogP contribution in [0.3, 0.4) is 0 Å². The fourth-order valence-corrected chi connectivity index (χ4v) is 1.71. The van der Waals surface area contributed by atoms with Crippen LogP contribution in [0.5, 0.6) is 0 Å². The van der Waals surface area contributed by atoms with E-state index in [2.05, 4.69) is 27.9 Å². The van der Waals surface area contributed by atoms with Gasteiger partial charge in [-0.15, -0.1) is 0 Å². The third-order valence-corrected chi connectivity index (χ3v) is 2.70. The standard InChI is InChI=1S/C9H12IN3O2/c10-6-3-5(11)1-2-7(6)13-4-8(14)9(12)15/h1-3,8,13-14H,4,11H2,(H2,12,15). The lowest BCUT2D eigenvalue weighted by Crippen LogP contribution is -2.34. The molecule has 6 heteroatoms. The molecule has 82 valence electrons. The van der Waals surface area contributed by atoms with Crippen molar-refractivity contribution in [3.63, 3.8) is 0 Å². The molecule has 0 spiro atoms. The number of anilines is 2. The minimum atomic E-state index is -1.18. The van der Waals surface area contributed by atoms with Crippen LogP contribution >= 0.6 is 22.6 Å². The van der Waals surface area contributed by atoms with Gasteiger partial charge in [0, 0.05) is 21.5 Å². The highest BCUT2D eigenvalue weighted by atomic mass is 127. The summed E-state index contributed by atoms with van der Waals surface area (Å²) < 4.78 is 0.921. The fourth-order valence-electron chi connectivity index (χ4n) is 0.982. The van der Waals surface area contributed by atoms with E-state index < -0.39 is 12.0 Å². The second-order valence-electron chi connectivity index (χ2n) is 3.04. The molecule has 1 atom stereocenters. The topological polar surface area (TPSA) is 101 Å². The highest BCUT2D eigenvalue weighted by Crippen LogP contribution is 2.20. The van der Waals surface area contributed by atoms with Crippen LogP contribution in [0, 0.1) is 3.57 Å². The van der Waals surface area contributed by atoms with Gasteiger partial charge < -0.3 is 21.9 Å². The van der Waals surface area contributed by atoms with E-state index in [0.29, 0.717) is 5.69 Å². The first-order valence-corrected chi connectivity index (χ1v) is 5.35. The summed E-state index contributed by atoms with van der Waals surface area (Å²) in [4.78, 5) is 10.6. The van der Waals surface area contributed by atoms with E-state index in [1.165, 1.54) is 0 Å². The second-order valence-corrected chi connectivity index (χ2v) is 4.20. The Hall–Kier alpha value is -1.02. The molecule has 0 aliphatic heterocycles. The first kappa shape index (κ1) is 12.1. The minimum absolute atomic E-state index is 0.0925. The summed E-state index contributed by atoms with van der Waals surface area (Å²) in [6.45, 7) is 0.0925. The van der Waals surface area contributed by atoms with Crippen LogP contribution in [0.4, 0.5) is 11.4 Å². The van der Waals surface area contributed by atoms with Gasteiger partial charge in [-0.25, -0.2) is 0 Å². The van der Waals surface area contributed by atoms with Gasteiger partial charge in [-0.1, -0.05) is 0 Å². The lowest BCUT2D eigenvalue weighted by Gasteiger charge is -2.11. The van der Waals surface area contributed by atoms with Crippen molar-refractivity contribution in [1.82, 2.24) is 0 Å². The molecule has 1 unspecified atom stereocenters. The molecule has 6 N–H and O–H groups in total. The second kappa shape index (κ2) is 5.17. The molecule has 1 amide bonds. The molecule has 0 saturated carbocycles. The number of rotatable bonds is 4. The van der Waals surface area contributed by atoms with E-state index in [4.69, 9.17) is 16.6 Å². The Labute approximate surface area is 101 Å². The maximum atomic E-state index is 10.6. The van der Waals surface area contributed by atoms with Crippen LogP contribution in [0.1, 0.15) is 0 Å². The van der Waals surface area contributed by atoms with Gasteiger partial charge in [0.25, 0.3) is 0 Å². The van der Waals surface area contributed by atoms with Gasteiger partial charge >= 0.3 is 0 Å². The van der Waals surface area contributed by atoms with Crippen molar-refractivity contribution in [3.8, 4) is 0 Å². The van der Waals surface area contributed by atoms with Gasteiger partial charge in [0.05, 0.1) is 0 Å². The summed E-state index contributed by atoms with van der Waals surface area (Å²) in [5, 5.41) is 12.1. The van der Waals surface area contributed by atoms with Crippen molar-refractivity contribution in [2.24, 2.45) is 5.73 Å². The molecule has 15 heavy (non-hydrogen) atoms. The van der Waals surface area contributed by atoms with Gasteiger partial charge in [0.15, 0.2) is 0 Å². The summed E-state index contributed by atoms with van der Waals surface area (Å²) in [6, 6.07) is 5.31. The molecule has 0 radical (unpaired) electrons. The van der Waals surface area contributed by atoms with Crippen LogP contribution in [-0.4, -0.2) is 23.7 Å². The third kappa shape index (κ3) is 3.56. The molecule has 0 fully saturated rings. The Bertz CT molecular complexity index is 370. The summed E-state index contributed by atoms with van der Waals surface area (Å²) in [6.07, 6.45) is -1.18. The molecule has 0 bridgehead atoms. The summed E-state index contributed by atoms with van der Waals surface area (Å²) in [5.41, 5.74) is 12.0. The van der Waals surface area contributed by atoms with E-state index in [0.717, 1.165) is 9.26 Å². The largest absolute Gasteiger partial charge is 0.399 e. The van der Waals surface area contributed by atoms with Gasteiger partial charge in [-0.3, -0.25) is 4.79 Å². The van der Waals surface area contributed by atoms with Crippen molar-refractivity contribution in [2.45, 2.75) is 6.10 Å². The maximum Gasteiger partial charge on any atom is 0.248 e. The number of primary amides is 1. The smallest absolute Gasteiger partial charge is 0.248 e. The highest BCUT2D eigenvalue weighted by Gasteiger charge is 2.10. The van der Waals surface area contributed by atoms with E-state index in [-0.39, 0.29) is 6.54 Å². The van der Waals surface area contributed by atoms with Crippen LogP contribution in [-0.2, 0) is 4.79 Å². The lowest BCUT2D eigenvalue weighted by atomic mass is 10.2. The molecule has 0 heterocycles. The van der Waals surface area contributed by atoms with Gasteiger partial charge in [-0.05, 0) is 40.8 Å². The van der Waals surface area contributed by atoms with Crippen LogP contribution in [0.25, 0.3) is 0 Å². The average Bonchev–Trinajstić information content (AvgIpc) is 2.15. The van der Waals surface area contributed by atoms with Gasteiger partial charge in [0.2, 0.25) is 5.91 Å². The molecular weight excluding hydrogens is 309 g/mol. The molecule has 0 aliphatic rings. The number of nitrogens with one attached hydrogen (secondary N) is 1. The van der Waals surface area contributed by atoms with Crippen molar-refractivity contribution in [3.05, 3.63) is 21.8 Å². The van der Waals surface area contributed by atoms with Crippen molar-refractivity contribution in [2.75, 3.05) is 17.6 Å². The monoisotopic (exact) mass is 321 g/mol. The molecule has 1 aromatic carbocycles. The number of hydrogen-bond acceptors (Lipinski definition) is 4. The zero-order valence-electron chi connectivity index (χ0n) is 7.90. The lowest BCUT2D eigenvalue weighted by molar-refractivity contribution is -0.125. The summed E-state index contributed by atoms with van der Waals surface area (Å²) in [5.74, 6) is -0.743. The predicted octanol–water partition coefficient (Wildman–Crippen LogP) is 0.131. The molecule has 1 rings (SSSR count). The number of hydrogen-bond donors (Lipinski definition) is 4. The number of aliphatic hydroxyl groups is 1. The summed E-state index contributed by atoms with van der Waals surface area (Å²) >= 11 is 2.11. The number of carbonyl (C=O) groups excluding carboxylic acids is 1. The fraction of sp³-hybridized carbons (Fsp3) is 0.222. The zero-order chi connectivity index (χ0) is 11.4. The SMILES string of the molecule is NC(=O)C(O)CNc1ccc(N)cc1I. The molecule has 0 aliphatic carbocycles. The highest BCUT2D eigenvalue weighted by molar-refractivity contribution is 14.1. The van der Waals surface area contributed by atoms with E-state index >= 15 is 0 Å². The van der Waals surface area contributed by atoms with E-state index in [1.807, 2.05) is 0 Å². The summed E-state index contributed by atoms with van der Waals surface area (Å²) in [7, 11) is 0. The number of halogens is 1. The van der Waals surface area contributed by atoms with Crippen LogP contribution in [0.2, 0.25) is 0 Å². The minimum Gasteiger partial charge on any atom is -0.399 e. The molecular formula is C9H12IN3O2. The Morgan fingerprint density at radius 2 is 2.27 bits per heavy atom. The van der Waals surface area contributed by atoms with Crippen LogP contribution < -0.4 is 16.8 Å². The molecule has 0 aromatic heterocycles. The quantitative estimate of drug-likeness (QED) is 0.468. The number of nitrogen functional groups attached to an aromatic ring is 1. The van der Waals surface area contributed by atoms with E-state index in [9.17, 15) is 4.79 Å². The molecule has 0 saturated heterocycles. The number of amides is 1. The first-order valence-electron chi connectivity index (χ1n) is 4.27. The zero-order valence-corrected chi connectivity index (χ0v) is 10.1.